The molecular formula is C19H16ClN5O7S3. The predicted molar refractivity (Wildman–Crippen MR) is 130 cm³/mol. The average Bonchev–Trinajstić information content (AvgIpc) is 3.56. The number of amides is 2. The van der Waals surface area contributed by atoms with Crippen LogP contribution in [0.25, 0.3) is 0 Å². The fraction of sp³-hybridized carbons (Fsp3) is 0.263. The maximum absolute atomic E-state index is 12.9. The Hall–Kier alpha value is -3.01. The molecule has 0 spiro atoms. The van der Waals surface area contributed by atoms with Crippen LogP contribution in [0, 0.1) is 0 Å². The van der Waals surface area contributed by atoms with Gasteiger partial charge in [-0.2, -0.15) is 0 Å². The summed E-state index contributed by atoms with van der Waals surface area (Å²) in [7, 11) is 1.26. The van der Waals surface area contributed by atoms with Crippen LogP contribution in [0.3, 0.4) is 0 Å². The lowest BCUT2D eigenvalue weighted by Crippen LogP contribution is -2.71. The number of halogens is 1. The van der Waals surface area contributed by atoms with Crippen molar-refractivity contribution < 1.29 is 33.5 Å². The highest BCUT2D eigenvalue weighted by molar-refractivity contribution is 8.14. The number of carbonyl (C=O) groups is 4. The lowest BCUT2D eigenvalue weighted by Gasteiger charge is -2.49. The van der Waals surface area contributed by atoms with Crippen molar-refractivity contribution in [3.8, 4) is 0 Å². The molecule has 2 aliphatic heterocycles. The minimum Gasteiger partial charge on any atom is -0.477 e. The number of rotatable bonds is 9. The van der Waals surface area contributed by atoms with Crippen LogP contribution in [0.5, 0.6) is 0 Å². The molecule has 2 aromatic rings. The number of carboxylic acids is 1. The maximum Gasteiger partial charge on any atom is 0.352 e. The number of carboxylic acid groups (broad SMARTS) is 1. The summed E-state index contributed by atoms with van der Waals surface area (Å²) in [6.07, 6.45) is 1.37. The second-order valence-electron chi connectivity index (χ2n) is 6.93. The Kier molecular flexibility index (Phi) is 7.69. The van der Waals surface area contributed by atoms with E-state index in [0.29, 0.717) is 10.7 Å². The zero-order chi connectivity index (χ0) is 25.1. The minimum atomic E-state index is -1.29. The standard InChI is InChI=1S/C19H16ClN5O7S3/c1-31-24-11(9-7-35-19(21-9)23-20)14(26)22-12-15(27)25-13(17(28)29)8(5-33-16(12)25)6-34-18(30)10-3-2-4-32-10/h2-4,7,12,16H,5-6H2,1H3,(H,21,23)(H,22,26)(H,28,29). The fourth-order valence-corrected chi connectivity index (χ4v) is 6.38. The second-order valence-corrected chi connectivity index (χ2v) is 10.0. The normalized spacial score (nSPS) is 19.7. The fourth-order valence-electron chi connectivity index (χ4n) is 3.34. The Bertz CT molecular complexity index is 1230. The Morgan fingerprint density at radius 1 is 1.46 bits per heavy atom. The number of oxime groups is 1. The number of furan rings is 1. The monoisotopic (exact) mass is 557 g/mol. The molecule has 3 N–H and O–H groups in total. The van der Waals surface area contributed by atoms with Gasteiger partial charge in [0.2, 0.25) is 0 Å². The van der Waals surface area contributed by atoms with Gasteiger partial charge in [-0.25, -0.2) is 9.78 Å². The molecule has 4 heterocycles. The van der Waals surface area contributed by atoms with Crippen LogP contribution in [-0.4, -0.2) is 73.6 Å². The van der Waals surface area contributed by atoms with Crippen molar-refractivity contribution in [1.82, 2.24) is 15.2 Å². The van der Waals surface area contributed by atoms with Gasteiger partial charge < -0.3 is 19.7 Å². The third-order valence-electron chi connectivity index (χ3n) is 4.86. The molecule has 2 aliphatic rings. The van der Waals surface area contributed by atoms with E-state index in [2.05, 4.69) is 20.3 Å². The Balaban J connectivity index is 1.47. The number of carbonyl (C=O) groups excluding carboxylic acids is 3. The number of anilines is 1. The highest BCUT2D eigenvalue weighted by Crippen LogP contribution is 2.41. The summed E-state index contributed by atoms with van der Waals surface area (Å²) in [6, 6.07) is 2.11. The highest BCUT2D eigenvalue weighted by Gasteiger charge is 2.54. The van der Waals surface area contributed by atoms with Crippen molar-refractivity contribution in [2.75, 3.05) is 23.5 Å². The maximum atomic E-state index is 12.9. The average molecular weight is 558 g/mol. The Morgan fingerprint density at radius 2 is 2.26 bits per heavy atom. The number of nitrogens with one attached hydrogen (secondary N) is 2. The molecule has 2 aromatic heterocycles. The van der Waals surface area contributed by atoms with Gasteiger partial charge in [-0.15, -0.1) is 23.1 Å². The van der Waals surface area contributed by atoms with Gasteiger partial charge >= 0.3 is 5.97 Å². The van der Waals surface area contributed by atoms with E-state index in [1.165, 1.54) is 36.6 Å². The van der Waals surface area contributed by atoms with E-state index >= 15 is 0 Å². The van der Waals surface area contributed by atoms with Gasteiger partial charge in [-0.1, -0.05) is 16.9 Å². The van der Waals surface area contributed by atoms with E-state index in [-0.39, 0.29) is 39.5 Å². The number of hydrogen-bond donors (Lipinski definition) is 3. The van der Waals surface area contributed by atoms with E-state index in [0.717, 1.165) is 28.0 Å². The molecule has 12 nitrogen and oxygen atoms in total. The first kappa shape index (κ1) is 25.1. The van der Waals surface area contributed by atoms with Crippen molar-refractivity contribution in [2.24, 2.45) is 5.16 Å². The van der Waals surface area contributed by atoms with Crippen molar-refractivity contribution >= 4 is 80.4 Å². The summed E-state index contributed by atoms with van der Waals surface area (Å²) >= 11 is 8.83. The first-order valence-corrected chi connectivity index (χ1v) is 13.0. The summed E-state index contributed by atoms with van der Waals surface area (Å²) in [5, 5.41) is 16.9. The predicted octanol–water partition coefficient (Wildman–Crippen LogP) is 1.96. The Labute approximate surface area is 215 Å². The number of thiazole rings is 1. The van der Waals surface area contributed by atoms with E-state index < -0.39 is 29.2 Å². The second kappa shape index (κ2) is 10.7. The lowest BCUT2D eigenvalue weighted by molar-refractivity contribution is -0.150. The molecule has 0 radical (unpaired) electrons. The van der Waals surface area contributed by atoms with E-state index in [1.54, 1.807) is 6.07 Å². The van der Waals surface area contributed by atoms with Crippen molar-refractivity contribution in [3.05, 3.63) is 46.5 Å². The molecule has 184 valence electrons. The largest absolute Gasteiger partial charge is 0.477 e. The summed E-state index contributed by atoms with van der Waals surface area (Å²) in [6.45, 7) is 0. The first-order chi connectivity index (χ1) is 16.8. The molecule has 2 unspecified atom stereocenters. The molecule has 16 heteroatoms. The van der Waals surface area contributed by atoms with Gasteiger partial charge in [-0.3, -0.25) is 24.1 Å². The topological polar surface area (TPSA) is 163 Å². The van der Waals surface area contributed by atoms with Crippen LogP contribution in [0.2, 0.25) is 0 Å². The first-order valence-electron chi connectivity index (χ1n) is 9.70. The summed E-state index contributed by atoms with van der Waals surface area (Å²) < 4.78 is 5.06. The summed E-state index contributed by atoms with van der Waals surface area (Å²) in [5.41, 5.74) is 0.250. The lowest BCUT2D eigenvalue weighted by atomic mass is 10.0. The van der Waals surface area contributed by atoms with Crippen LogP contribution < -0.4 is 10.2 Å². The van der Waals surface area contributed by atoms with Gasteiger partial charge in [0.05, 0.1) is 6.26 Å². The van der Waals surface area contributed by atoms with E-state index in [9.17, 15) is 24.3 Å². The third-order valence-corrected chi connectivity index (χ3v) is 8.21. The van der Waals surface area contributed by atoms with Crippen molar-refractivity contribution in [1.29, 1.82) is 0 Å². The van der Waals surface area contributed by atoms with Crippen LogP contribution in [0.1, 0.15) is 16.2 Å². The molecule has 4 rings (SSSR count). The van der Waals surface area contributed by atoms with Crippen molar-refractivity contribution in [2.45, 2.75) is 11.4 Å². The molecule has 0 aromatic carbocycles. The number of aromatic nitrogens is 1. The van der Waals surface area contributed by atoms with E-state index in [4.69, 9.17) is 21.0 Å². The van der Waals surface area contributed by atoms with Crippen LogP contribution in [-0.2, 0) is 19.2 Å². The molecule has 2 atom stereocenters. The number of hydrogen-bond acceptors (Lipinski definition) is 12. The molecule has 0 bridgehead atoms. The molecule has 1 fully saturated rings. The zero-order valence-corrected chi connectivity index (χ0v) is 20.9. The van der Waals surface area contributed by atoms with Gasteiger partial charge in [0.1, 0.15) is 29.9 Å². The minimum absolute atomic E-state index is 0.0765. The van der Waals surface area contributed by atoms with Gasteiger partial charge in [0, 0.05) is 28.7 Å². The molecule has 2 amide bonds. The molecule has 35 heavy (non-hydrogen) atoms. The highest BCUT2D eigenvalue weighted by atomic mass is 35.5. The van der Waals surface area contributed by atoms with Crippen molar-refractivity contribution in [3.63, 3.8) is 0 Å². The summed E-state index contributed by atoms with van der Waals surface area (Å²) in [5.74, 6) is -2.11. The number of β-lactam (4-membered cyclic amide) rings is 1. The zero-order valence-electron chi connectivity index (χ0n) is 17.7. The molecule has 0 saturated carbocycles. The van der Waals surface area contributed by atoms with Crippen LogP contribution >= 0.6 is 46.6 Å². The van der Waals surface area contributed by atoms with Gasteiger partial charge in [0.15, 0.2) is 16.6 Å². The number of fused-ring (bicyclic) bond motifs is 1. The quantitative estimate of drug-likeness (QED) is 0.179. The number of nitrogens with zero attached hydrogens (tertiary/aromatic N) is 3. The van der Waals surface area contributed by atoms with E-state index in [1.807, 2.05) is 0 Å². The number of aliphatic carboxylic acids is 1. The summed E-state index contributed by atoms with van der Waals surface area (Å²) in [4.78, 5) is 62.2. The molecule has 1 saturated heterocycles. The molecule has 0 aliphatic carbocycles. The smallest absolute Gasteiger partial charge is 0.352 e. The SMILES string of the molecule is CON=C(C(=O)NC1C(=O)N2C(C(=O)O)=C(CSC(=O)c3ccco3)CSC12)c1csc(NCl)n1. The van der Waals surface area contributed by atoms with Gasteiger partial charge in [-0.05, 0) is 17.7 Å². The Morgan fingerprint density at radius 3 is 2.89 bits per heavy atom. The number of thioether (sulfide) groups is 2. The third kappa shape index (κ3) is 5.03. The van der Waals surface area contributed by atoms with Crippen LogP contribution in [0.15, 0.2) is 44.6 Å². The molecular weight excluding hydrogens is 542 g/mol. The van der Waals surface area contributed by atoms with Crippen LogP contribution in [0.4, 0.5) is 5.13 Å². The van der Waals surface area contributed by atoms with Gasteiger partial charge in [0.25, 0.3) is 16.9 Å².